The lowest BCUT2D eigenvalue weighted by atomic mass is 10.1. The van der Waals surface area contributed by atoms with Crippen molar-refractivity contribution in [2.45, 2.75) is 6.42 Å². The molecular weight excluding hydrogens is 300 g/mol. The molecule has 1 aliphatic rings. The van der Waals surface area contributed by atoms with Gasteiger partial charge in [-0.2, -0.15) is 0 Å². The number of fused-ring (bicyclic) bond motifs is 1. The summed E-state index contributed by atoms with van der Waals surface area (Å²) in [5, 5.41) is 3.89. The van der Waals surface area contributed by atoms with Crippen LogP contribution in [0.4, 0.5) is 5.88 Å². The Balaban J connectivity index is 2.09. The van der Waals surface area contributed by atoms with Crippen LogP contribution >= 0.6 is 15.9 Å². The van der Waals surface area contributed by atoms with Gasteiger partial charge in [0.1, 0.15) is 5.69 Å². The topological polar surface area (TPSA) is 70.5 Å². The third-order valence-corrected chi connectivity index (χ3v) is 3.45. The second-order valence-corrected chi connectivity index (χ2v) is 4.71. The normalized spacial score (nSPS) is 14.3. The van der Waals surface area contributed by atoms with E-state index in [1.54, 1.807) is 6.07 Å². The summed E-state index contributed by atoms with van der Waals surface area (Å²) < 4.78 is 17.0. The first-order valence-electron chi connectivity index (χ1n) is 5.56. The summed E-state index contributed by atoms with van der Waals surface area (Å²) in [6.07, 6.45) is 0.868. The van der Waals surface area contributed by atoms with Crippen LogP contribution in [0, 0.1) is 0 Å². The van der Waals surface area contributed by atoms with Crippen LogP contribution in [0.3, 0.4) is 0 Å². The van der Waals surface area contributed by atoms with E-state index in [-0.39, 0.29) is 5.88 Å². The molecule has 1 aromatic carbocycles. The molecule has 18 heavy (non-hydrogen) atoms. The Morgan fingerprint density at radius 1 is 1.22 bits per heavy atom. The van der Waals surface area contributed by atoms with Crippen LogP contribution in [0.25, 0.3) is 11.3 Å². The Labute approximate surface area is 112 Å². The Morgan fingerprint density at radius 2 is 2.06 bits per heavy atom. The molecule has 0 saturated carbocycles. The minimum Gasteiger partial charge on any atom is -0.490 e. The number of halogens is 1. The van der Waals surface area contributed by atoms with E-state index < -0.39 is 0 Å². The number of anilines is 1. The highest BCUT2D eigenvalue weighted by Gasteiger charge is 2.19. The molecule has 0 bridgehead atoms. The molecule has 6 heteroatoms. The van der Waals surface area contributed by atoms with Crippen molar-refractivity contribution >= 4 is 21.8 Å². The summed E-state index contributed by atoms with van der Waals surface area (Å²) in [6, 6.07) is 5.44. The molecule has 0 spiro atoms. The van der Waals surface area contributed by atoms with Crippen molar-refractivity contribution in [3.05, 3.63) is 22.7 Å². The monoisotopic (exact) mass is 310 g/mol. The number of hydrogen-bond donors (Lipinski definition) is 1. The van der Waals surface area contributed by atoms with Crippen LogP contribution < -0.4 is 15.2 Å². The van der Waals surface area contributed by atoms with Crippen molar-refractivity contribution in [3.63, 3.8) is 0 Å². The molecule has 2 N–H and O–H groups in total. The van der Waals surface area contributed by atoms with Gasteiger partial charge in [-0.3, -0.25) is 0 Å². The predicted molar refractivity (Wildman–Crippen MR) is 69.7 cm³/mol. The van der Waals surface area contributed by atoms with E-state index in [2.05, 4.69) is 21.1 Å². The van der Waals surface area contributed by atoms with Gasteiger partial charge in [0.2, 0.25) is 5.88 Å². The molecule has 2 aromatic rings. The van der Waals surface area contributed by atoms with E-state index in [4.69, 9.17) is 19.7 Å². The zero-order valence-electron chi connectivity index (χ0n) is 9.48. The lowest BCUT2D eigenvalue weighted by Crippen LogP contribution is -1.97. The third-order valence-electron chi connectivity index (χ3n) is 2.66. The Morgan fingerprint density at radius 3 is 2.83 bits per heavy atom. The van der Waals surface area contributed by atoms with Crippen molar-refractivity contribution in [2.24, 2.45) is 0 Å². The number of nitrogen functional groups attached to an aromatic ring is 1. The number of benzene rings is 1. The molecule has 94 valence electrons. The smallest absolute Gasteiger partial charge is 0.222 e. The summed E-state index contributed by atoms with van der Waals surface area (Å²) in [5.74, 6) is 1.72. The summed E-state index contributed by atoms with van der Waals surface area (Å²) in [7, 11) is 0. The summed E-state index contributed by atoms with van der Waals surface area (Å²) >= 11 is 3.52. The molecule has 0 fully saturated rings. The molecule has 0 unspecified atom stereocenters. The van der Waals surface area contributed by atoms with Gasteiger partial charge < -0.3 is 19.7 Å². The van der Waals surface area contributed by atoms with Gasteiger partial charge in [0.25, 0.3) is 0 Å². The van der Waals surface area contributed by atoms with E-state index in [1.807, 2.05) is 12.1 Å². The zero-order valence-corrected chi connectivity index (χ0v) is 11.1. The SMILES string of the molecule is Nc1cc(-c2ccc3c(c2Br)OCCCO3)no1. The lowest BCUT2D eigenvalue weighted by molar-refractivity contribution is 0.296. The first kappa shape index (κ1) is 11.4. The molecule has 1 aromatic heterocycles. The number of hydrogen-bond acceptors (Lipinski definition) is 5. The Hall–Kier alpha value is -1.69. The van der Waals surface area contributed by atoms with E-state index in [0.717, 1.165) is 22.2 Å². The maximum Gasteiger partial charge on any atom is 0.222 e. The largest absolute Gasteiger partial charge is 0.490 e. The van der Waals surface area contributed by atoms with Gasteiger partial charge >= 0.3 is 0 Å². The molecule has 0 radical (unpaired) electrons. The predicted octanol–water partition coefficient (Wildman–Crippen LogP) is 2.85. The fraction of sp³-hybridized carbons (Fsp3) is 0.250. The second-order valence-electron chi connectivity index (χ2n) is 3.92. The van der Waals surface area contributed by atoms with Crippen molar-refractivity contribution in [1.29, 1.82) is 0 Å². The van der Waals surface area contributed by atoms with Gasteiger partial charge in [-0.1, -0.05) is 5.16 Å². The van der Waals surface area contributed by atoms with Crippen LogP contribution in [0.5, 0.6) is 11.5 Å². The molecule has 1 aliphatic heterocycles. The van der Waals surface area contributed by atoms with Gasteiger partial charge in [-0.15, -0.1) is 0 Å². The number of rotatable bonds is 1. The minimum atomic E-state index is 0.281. The van der Waals surface area contributed by atoms with E-state index in [0.29, 0.717) is 24.7 Å². The average molecular weight is 311 g/mol. The number of nitrogens with zero attached hydrogens (tertiary/aromatic N) is 1. The fourth-order valence-corrected chi connectivity index (χ4v) is 2.46. The summed E-state index contributed by atoms with van der Waals surface area (Å²) in [5.41, 5.74) is 7.05. The van der Waals surface area contributed by atoms with E-state index >= 15 is 0 Å². The third kappa shape index (κ3) is 1.92. The number of nitrogens with two attached hydrogens (primary N) is 1. The molecule has 3 rings (SSSR count). The highest BCUT2D eigenvalue weighted by Crippen LogP contribution is 2.43. The molecule has 0 atom stereocenters. The van der Waals surface area contributed by atoms with Crippen molar-refractivity contribution in [2.75, 3.05) is 18.9 Å². The quantitative estimate of drug-likeness (QED) is 0.877. The maximum absolute atomic E-state index is 5.69. The number of aromatic nitrogens is 1. The molecule has 0 amide bonds. The Kier molecular flexibility index (Phi) is 2.87. The highest BCUT2D eigenvalue weighted by atomic mass is 79.9. The van der Waals surface area contributed by atoms with Crippen LogP contribution in [-0.2, 0) is 0 Å². The van der Waals surface area contributed by atoms with Gasteiger partial charge in [0.15, 0.2) is 11.5 Å². The molecule has 0 saturated heterocycles. The molecule has 2 heterocycles. The average Bonchev–Trinajstić information content (AvgIpc) is 2.65. The summed E-state index contributed by atoms with van der Waals surface area (Å²) in [6.45, 7) is 1.30. The summed E-state index contributed by atoms with van der Waals surface area (Å²) in [4.78, 5) is 0. The van der Waals surface area contributed by atoms with E-state index in [1.165, 1.54) is 0 Å². The van der Waals surface area contributed by atoms with Crippen LogP contribution in [0.1, 0.15) is 6.42 Å². The zero-order chi connectivity index (χ0) is 12.5. The lowest BCUT2D eigenvalue weighted by Gasteiger charge is -2.11. The van der Waals surface area contributed by atoms with E-state index in [9.17, 15) is 0 Å². The molecule has 5 nitrogen and oxygen atoms in total. The van der Waals surface area contributed by atoms with Gasteiger partial charge in [-0.25, -0.2) is 0 Å². The van der Waals surface area contributed by atoms with Crippen LogP contribution in [-0.4, -0.2) is 18.4 Å². The maximum atomic E-state index is 5.69. The fourth-order valence-electron chi connectivity index (χ4n) is 1.82. The first-order chi connectivity index (χ1) is 8.75. The van der Waals surface area contributed by atoms with Gasteiger partial charge in [0.05, 0.1) is 17.7 Å². The molecular formula is C12H11BrN2O3. The standard InChI is InChI=1S/C12H11BrN2O3/c13-11-7(8-6-10(14)18-15-8)2-3-9-12(11)17-5-1-4-16-9/h2-3,6H,1,4-5,14H2. The van der Waals surface area contributed by atoms with Crippen molar-refractivity contribution in [3.8, 4) is 22.8 Å². The van der Waals surface area contributed by atoms with Gasteiger partial charge in [0, 0.05) is 18.1 Å². The molecule has 0 aliphatic carbocycles. The van der Waals surface area contributed by atoms with Gasteiger partial charge in [-0.05, 0) is 28.1 Å². The Bertz CT molecular complexity index is 583. The van der Waals surface area contributed by atoms with Crippen LogP contribution in [0.15, 0.2) is 27.2 Å². The highest BCUT2D eigenvalue weighted by molar-refractivity contribution is 9.10. The second kappa shape index (κ2) is 4.53. The van der Waals surface area contributed by atoms with Crippen molar-refractivity contribution in [1.82, 2.24) is 5.16 Å². The van der Waals surface area contributed by atoms with Crippen LogP contribution in [0.2, 0.25) is 0 Å². The number of ether oxygens (including phenoxy) is 2. The van der Waals surface area contributed by atoms with Crippen molar-refractivity contribution < 1.29 is 14.0 Å². The first-order valence-corrected chi connectivity index (χ1v) is 6.35. The minimum absolute atomic E-state index is 0.281.